The van der Waals surface area contributed by atoms with Crippen molar-refractivity contribution in [1.29, 1.82) is 0 Å². The molecule has 0 saturated carbocycles. The number of nitrogen functional groups attached to an aromatic ring is 1. The third-order valence-corrected chi connectivity index (χ3v) is 4.99. The van der Waals surface area contributed by atoms with Crippen molar-refractivity contribution in [2.75, 3.05) is 24.3 Å². The van der Waals surface area contributed by atoms with Crippen molar-refractivity contribution in [2.24, 2.45) is 5.73 Å². The number of carbonyl (C=O) groups excluding carboxylic acids is 1. The van der Waals surface area contributed by atoms with E-state index in [0.29, 0.717) is 23.3 Å². The number of aliphatic hydroxyl groups excluding tert-OH is 2. The average Bonchev–Trinajstić information content (AvgIpc) is 3.22. The van der Waals surface area contributed by atoms with Crippen LogP contribution in [0.3, 0.4) is 0 Å². The van der Waals surface area contributed by atoms with Gasteiger partial charge in [-0.3, -0.25) is 9.36 Å². The van der Waals surface area contributed by atoms with E-state index < -0.39 is 43.2 Å². The Morgan fingerprint density at radius 1 is 1.48 bits per heavy atom. The first-order valence-electron chi connectivity index (χ1n) is 8.30. The smallest absolute Gasteiger partial charge is 0.323 e. The first kappa shape index (κ1) is 19.8. The number of anilines is 1. The summed E-state index contributed by atoms with van der Waals surface area (Å²) in [5, 5.41) is 19.9. The largest absolute Gasteiger partial charge is 0.453 e. The third-order valence-electron chi connectivity index (χ3n) is 4.34. The molecular weight excluding hydrogens is 376 g/mol. The van der Waals surface area contributed by atoms with Crippen LogP contribution in [0.5, 0.6) is 0 Å². The number of thioether (sulfide) groups is 1. The summed E-state index contributed by atoms with van der Waals surface area (Å²) in [6, 6.07) is -0.823. The Hall–Kier alpha value is -1.99. The highest BCUT2D eigenvalue weighted by Crippen LogP contribution is 2.34. The molecule has 1 saturated heterocycles. The van der Waals surface area contributed by atoms with Crippen molar-refractivity contribution in [3.8, 4) is 0 Å². The number of hydrogen-bond donors (Lipinski definition) is 4. The lowest BCUT2D eigenvalue weighted by Gasteiger charge is -2.23. The molecule has 2 aromatic rings. The van der Waals surface area contributed by atoms with Gasteiger partial charge in [0.1, 0.15) is 30.1 Å². The molecule has 5 atom stereocenters. The van der Waals surface area contributed by atoms with Gasteiger partial charge in [-0.05, 0) is 18.4 Å². The fraction of sp³-hybridized carbons (Fsp3) is 0.600. The lowest BCUT2D eigenvalue weighted by atomic mass is 10.1. The Morgan fingerprint density at radius 2 is 2.26 bits per heavy atom. The maximum absolute atomic E-state index is 12.3. The van der Waals surface area contributed by atoms with Gasteiger partial charge in [-0.15, -0.1) is 0 Å². The molecule has 0 bridgehead atoms. The number of aromatic nitrogens is 4. The summed E-state index contributed by atoms with van der Waals surface area (Å²) in [5.74, 6) is 0.230. The SMILES string of the molecule is CSCCC(N)C(=O)O[C@@H]1[C@@H](O)[C@H](CO)O[C@@H]1n1cnc2c(N)ncnc21. The molecule has 2 aromatic heterocycles. The Kier molecular flexibility index (Phi) is 6.11. The van der Waals surface area contributed by atoms with E-state index in [-0.39, 0.29) is 5.82 Å². The van der Waals surface area contributed by atoms with Gasteiger partial charge in [0.05, 0.1) is 12.9 Å². The van der Waals surface area contributed by atoms with Crippen LogP contribution in [0.1, 0.15) is 12.6 Å². The Labute approximate surface area is 159 Å². The molecule has 1 aliphatic rings. The second kappa shape index (κ2) is 8.35. The molecule has 11 nitrogen and oxygen atoms in total. The number of imidazole rings is 1. The van der Waals surface area contributed by atoms with Crippen LogP contribution < -0.4 is 11.5 Å². The second-order valence-corrected chi connectivity index (χ2v) is 7.10. The van der Waals surface area contributed by atoms with Gasteiger partial charge in [-0.2, -0.15) is 11.8 Å². The molecular formula is C15H22N6O5S. The molecule has 0 spiro atoms. The minimum absolute atomic E-state index is 0.184. The van der Waals surface area contributed by atoms with E-state index in [0.717, 1.165) is 0 Å². The van der Waals surface area contributed by atoms with Crippen LogP contribution in [0, 0.1) is 0 Å². The van der Waals surface area contributed by atoms with Gasteiger partial charge in [-0.25, -0.2) is 15.0 Å². The van der Waals surface area contributed by atoms with Gasteiger partial charge >= 0.3 is 5.97 Å². The van der Waals surface area contributed by atoms with Gasteiger partial charge in [0.25, 0.3) is 0 Å². The van der Waals surface area contributed by atoms with E-state index in [4.69, 9.17) is 20.9 Å². The van der Waals surface area contributed by atoms with Gasteiger partial charge < -0.3 is 31.2 Å². The highest BCUT2D eigenvalue weighted by atomic mass is 32.2. The zero-order valence-corrected chi connectivity index (χ0v) is 15.5. The Morgan fingerprint density at radius 3 is 2.96 bits per heavy atom. The van der Waals surface area contributed by atoms with Crippen molar-refractivity contribution >= 4 is 34.7 Å². The molecule has 27 heavy (non-hydrogen) atoms. The van der Waals surface area contributed by atoms with Crippen molar-refractivity contribution < 1.29 is 24.5 Å². The van der Waals surface area contributed by atoms with Crippen molar-refractivity contribution in [3.05, 3.63) is 12.7 Å². The fourth-order valence-corrected chi connectivity index (χ4v) is 3.35. The zero-order valence-electron chi connectivity index (χ0n) is 14.6. The highest BCUT2D eigenvalue weighted by Gasteiger charge is 2.48. The van der Waals surface area contributed by atoms with Crippen LogP contribution in [0.25, 0.3) is 11.2 Å². The average molecular weight is 398 g/mol. The first-order chi connectivity index (χ1) is 13.0. The molecule has 1 aliphatic heterocycles. The summed E-state index contributed by atoms with van der Waals surface area (Å²) in [4.78, 5) is 24.5. The quantitative estimate of drug-likeness (QED) is 0.406. The first-order valence-corrected chi connectivity index (χ1v) is 9.69. The van der Waals surface area contributed by atoms with Gasteiger partial charge in [0.15, 0.2) is 23.8 Å². The zero-order chi connectivity index (χ0) is 19.6. The van der Waals surface area contributed by atoms with Crippen LogP contribution in [0.2, 0.25) is 0 Å². The summed E-state index contributed by atoms with van der Waals surface area (Å²) in [7, 11) is 0. The van der Waals surface area contributed by atoms with Crippen molar-refractivity contribution in [2.45, 2.75) is 37.0 Å². The molecule has 1 unspecified atom stereocenters. The van der Waals surface area contributed by atoms with E-state index in [2.05, 4.69) is 15.0 Å². The maximum atomic E-state index is 12.3. The summed E-state index contributed by atoms with van der Waals surface area (Å²) < 4.78 is 12.6. The summed E-state index contributed by atoms with van der Waals surface area (Å²) in [6.07, 6.45) is 0.796. The molecule has 0 radical (unpaired) electrons. The van der Waals surface area contributed by atoms with Crippen molar-refractivity contribution in [1.82, 2.24) is 19.5 Å². The second-order valence-electron chi connectivity index (χ2n) is 6.11. The van der Waals surface area contributed by atoms with E-state index in [1.807, 2.05) is 6.26 Å². The molecule has 1 fully saturated rings. The molecule has 148 valence electrons. The summed E-state index contributed by atoms with van der Waals surface area (Å²) in [5.41, 5.74) is 12.3. The van der Waals surface area contributed by atoms with Crippen LogP contribution in [-0.2, 0) is 14.3 Å². The topological polar surface area (TPSA) is 172 Å². The lowest BCUT2D eigenvalue weighted by Crippen LogP contribution is -2.42. The Bertz CT molecular complexity index is 804. The molecule has 0 amide bonds. The number of nitrogens with zero attached hydrogens (tertiary/aromatic N) is 4. The number of carbonyl (C=O) groups is 1. The minimum Gasteiger partial charge on any atom is -0.453 e. The monoisotopic (exact) mass is 398 g/mol. The number of ether oxygens (including phenoxy) is 2. The van der Waals surface area contributed by atoms with E-state index in [1.165, 1.54) is 17.2 Å². The van der Waals surface area contributed by atoms with E-state index in [1.54, 1.807) is 11.8 Å². The number of esters is 1. The fourth-order valence-electron chi connectivity index (χ4n) is 2.86. The third kappa shape index (κ3) is 3.84. The molecule has 3 rings (SSSR count). The molecule has 6 N–H and O–H groups in total. The number of fused-ring (bicyclic) bond motifs is 1. The van der Waals surface area contributed by atoms with Gasteiger partial charge in [0, 0.05) is 0 Å². The lowest BCUT2D eigenvalue weighted by molar-refractivity contribution is -0.160. The molecule has 0 aromatic carbocycles. The maximum Gasteiger partial charge on any atom is 0.323 e. The standard InChI is InChI=1S/C15H22N6O5S/c1-27-3-2-7(16)15(24)26-11-10(23)8(4-22)25-14(11)21-6-20-9-12(17)18-5-19-13(9)21/h5-8,10-11,14,22-23H,2-4,16H2,1H3,(H2,17,18,19)/t7?,8-,10-,11+,14-/m0/s1. The van der Waals surface area contributed by atoms with Crippen LogP contribution in [-0.4, -0.2) is 78.7 Å². The summed E-state index contributed by atoms with van der Waals surface area (Å²) >= 11 is 1.56. The normalized spacial score (nSPS) is 26.4. The van der Waals surface area contributed by atoms with Gasteiger partial charge in [-0.1, -0.05) is 0 Å². The van der Waals surface area contributed by atoms with Gasteiger partial charge in [0.2, 0.25) is 0 Å². The molecule has 0 aliphatic carbocycles. The molecule has 12 heteroatoms. The number of nitrogens with two attached hydrogens (primary N) is 2. The van der Waals surface area contributed by atoms with Crippen molar-refractivity contribution in [3.63, 3.8) is 0 Å². The molecule has 3 heterocycles. The van der Waals surface area contributed by atoms with Crippen LogP contribution >= 0.6 is 11.8 Å². The predicted octanol–water partition coefficient (Wildman–Crippen LogP) is -1.35. The number of aliphatic hydroxyl groups is 2. The highest BCUT2D eigenvalue weighted by molar-refractivity contribution is 7.98. The minimum atomic E-state index is -1.24. The summed E-state index contributed by atoms with van der Waals surface area (Å²) in [6.45, 7) is -0.450. The predicted molar refractivity (Wildman–Crippen MR) is 97.6 cm³/mol. The van der Waals surface area contributed by atoms with E-state index >= 15 is 0 Å². The van der Waals surface area contributed by atoms with Crippen LogP contribution in [0.4, 0.5) is 5.82 Å². The van der Waals surface area contributed by atoms with Crippen LogP contribution in [0.15, 0.2) is 12.7 Å². The van der Waals surface area contributed by atoms with E-state index in [9.17, 15) is 15.0 Å². The number of hydrogen-bond acceptors (Lipinski definition) is 11. The number of rotatable bonds is 7. The Balaban J connectivity index is 1.87.